The molecule has 0 saturated carbocycles. The lowest BCUT2D eigenvalue weighted by atomic mass is 10.2. The molecule has 0 aliphatic heterocycles. The van der Waals surface area contributed by atoms with Gasteiger partial charge in [0.2, 0.25) is 0 Å². The minimum Gasteiger partial charge on any atom is -0.550 e. The monoisotopic (exact) mass is 144 g/mol. The molecule has 0 spiro atoms. The first-order valence-corrected chi connectivity index (χ1v) is 2.35. The normalized spacial score (nSPS) is 12.0. The maximum atomic E-state index is 9.85. The standard InChI is InChI=1S/C4H6N2O4/c5-6-2(4(9)10)1-3(7)8/h2,5H,1H2,(H,7,8)(H,9,10)/p-2. The number of aliphatic carboxylic acids is 2. The SMILES string of the molecule is N=NC(CC(=O)[O-])C(=O)[O-]. The van der Waals surface area contributed by atoms with E-state index in [1.54, 1.807) is 0 Å². The van der Waals surface area contributed by atoms with Gasteiger partial charge in [-0.3, -0.25) is 0 Å². The molecule has 0 aromatic carbocycles. The van der Waals surface area contributed by atoms with Crippen molar-refractivity contribution in [2.24, 2.45) is 5.11 Å². The van der Waals surface area contributed by atoms with Crippen molar-refractivity contribution in [3.05, 3.63) is 0 Å². The van der Waals surface area contributed by atoms with Crippen LogP contribution in [0.1, 0.15) is 6.42 Å². The minimum atomic E-state index is -1.68. The minimum absolute atomic E-state index is 0.814. The summed E-state index contributed by atoms with van der Waals surface area (Å²) in [5.74, 6) is -3.25. The number of nitrogens with zero attached hydrogens (tertiary/aromatic N) is 1. The predicted octanol–water partition coefficient (Wildman–Crippen LogP) is -2.72. The molecule has 0 rings (SSSR count). The van der Waals surface area contributed by atoms with Crippen LogP contribution in [0.3, 0.4) is 0 Å². The number of hydrogen-bond acceptors (Lipinski definition) is 6. The number of nitrogens with one attached hydrogen (secondary N) is 1. The predicted molar refractivity (Wildman–Crippen MR) is 23.6 cm³/mol. The fraction of sp³-hybridized carbons (Fsp3) is 0.500. The zero-order chi connectivity index (χ0) is 8.15. The molecule has 6 nitrogen and oxygen atoms in total. The van der Waals surface area contributed by atoms with Crippen LogP contribution >= 0.6 is 0 Å². The number of carboxylic acid groups (broad SMARTS) is 2. The van der Waals surface area contributed by atoms with Gasteiger partial charge in [0.15, 0.2) is 0 Å². The maximum Gasteiger partial charge on any atom is 0.115 e. The van der Waals surface area contributed by atoms with E-state index in [9.17, 15) is 19.8 Å². The van der Waals surface area contributed by atoms with Gasteiger partial charge in [0.05, 0.1) is 5.97 Å². The highest BCUT2D eigenvalue weighted by Crippen LogP contribution is 1.93. The Kier molecular flexibility index (Phi) is 3.03. The van der Waals surface area contributed by atoms with Gasteiger partial charge in [-0.15, -0.1) is 0 Å². The second-order valence-electron chi connectivity index (χ2n) is 1.54. The van der Waals surface area contributed by atoms with Crippen LogP contribution in [0.25, 0.3) is 0 Å². The van der Waals surface area contributed by atoms with Crippen molar-refractivity contribution >= 4 is 11.9 Å². The highest BCUT2D eigenvalue weighted by molar-refractivity contribution is 5.78. The highest BCUT2D eigenvalue weighted by atomic mass is 16.4. The van der Waals surface area contributed by atoms with E-state index in [0.29, 0.717) is 0 Å². The van der Waals surface area contributed by atoms with Crippen LogP contribution in [-0.2, 0) is 9.59 Å². The van der Waals surface area contributed by atoms with E-state index in [0.717, 1.165) is 0 Å². The van der Waals surface area contributed by atoms with Crippen molar-refractivity contribution in [3.63, 3.8) is 0 Å². The molecule has 0 aliphatic carbocycles. The lowest BCUT2D eigenvalue weighted by Crippen LogP contribution is -2.38. The summed E-state index contributed by atoms with van der Waals surface area (Å²) < 4.78 is 0. The highest BCUT2D eigenvalue weighted by Gasteiger charge is 2.06. The first-order chi connectivity index (χ1) is 4.57. The van der Waals surface area contributed by atoms with Crippen molar-refractivity contribution in [1.29, 1.82) is 5.53 Å². The average Bonchev–Trinajstić information content (AvgIpc) is 1.81. The van der Waals surface area contributed by atoms with Crippen LogP contribution < -0.4 is 10.2 Å². The van der Waals surface area contributed by atoms with Gasteiger partial charge in [-0.25, -0.2) is 5.53 Å². The Morgan fingerprint density at radius 2 is 2.00 bits per heavy atom. The van der Waals surface area contributed by atoms with Gasteiger partial charge < -0.3 is 19.8 Å². The van der Waals surface area contributed by atoms with Crippen molar-refractivity contribution in [2.45, 2.75) is 12.5 Å². The van der Waals surface area contributed by atoms with Crippen LogP contribution in [0, 0.1) is 5.53 Å². The van der Waals surface area contributed by atoms with Crippen LogP contribution in [0.15, 0.2) is 5.11 Å². The van der Waals surface area contributed by atoms with E-state index in [1.165, 1.54) is 0 Å². The van der Waals surface area contributed by atoms with Gasteiger partial charge in [-0.1, -0.05) is 0 Å². The van der Waals surface area contributed by atoms with E-state index in [1.807, 2.05) is 0 Å². The molecule has 0 aromatic heterocycles. The van der Waals surface area contributed by atoms with E-state index >= 15 is 0 Å². The van der Waals surface area contributed by atoms with Gasteiger partial charge in [-0.05, 0) is 0 Å². The number of hydrogen-bond donors (Lipinski definition) is 1. The van der Waals surface area contributed by atoms with E-state index in [4.69, 9.17) is 5.53 Å². The van der Waals surface area contributed by atoms with E-state index < -0.39 is 24.4 Å². The summed E-state index contributed by atoms with van der Waals surface area (Å²) in [6, 6.07) is -1.62. The second kappa shape index (κ2) is 3.54. The number of carbonyl (C=O) groups is 2. The zero-order valence-electron chi connectivity index (χ0n) is 4.86. The Bertz CT molecular complexity index is 167. The lowest BCUT2D eigenvalue weighted by Gasteiger charge is -2.10. The first kappa shape index (κ1) is 8.54. The number of rotatable bonds is 4. The molecule has 0 fully saturated rings. The molecule has 10 heavy (non-hydrogen) atoms. The molecule has 1 atom stereocenters. The van der Waals surface area contributed by atoms with Gasteiger partial charge in [-0.2, -0.15) is 5.11 Å². The topological polar surface area (TPSA) is 116 Å². The molecule has 1 unspecified atom stereocenters. The van der Waals surface area contributed by atoms with Gasteiger partial charge in [0.25, 0.3) is 0 Å². The molecule has 6 heteroatoms. The summed E-state index contributed by atoms with van der Waals surface area (Å²) in [5, 5.41) is 22.1. The molecule has 0 radical (unpaired) electrons. The van der Waals surface area contributed by atoms with Gasteiger partial charge >= 0.3 is 0 Å². The van der Waals surface area contributed by atoms with E-state index in [-0.39, 0.29) is 0 Å². The Labute approximate surface area is 56.0 Å². The fourth-order valence-electron chi connectivity index (χ4n) is 0.340. The third kappa shape index (κ3) is 2.75. The van der Waals surface area contributed by atoms with Gasteiger partial charge in [0, 0.05) is 12.4 Å². The summed E-state index contributed by atoms with van der Waals surface area (Å²) in [4.78, 5) is 19.6. The van der Waals surface area contributed by atoms with Crippen LogP contribution in [0.4, 0.5) is 0 Å². The van der Waals surface area contributed by atoms with Crippen molar-refractivity contribution in [1.82, 2.24) is 0 Å². The van der Waals surface area contributed by atoms with Crippen molar-refractivity contribution in [2.75, 3.05) is 0 Å². The zero-order valence-corrected chi connectivity index (χ0v) is 4.86. The molecule has 56 valence electrons. The van der Waals surface area contributed by atoms with Crippen molar-refractivity contribution < 1.29 is 19.8 Å². The summed E-state index contributed by atoms with van der Waals surface area (Å²) >= 11 is 0. The summed E-state index contributed by atoms with van der Waals surface area (Å²) in [6.45, 7) is 0. The molecule has 0 bridgehead atoms. The Hall–Kier alpha value is -1.46. The van der Waals surface area contributed by atoms with Gasteiger partial charge in [0.1, 0.15) is 6.04 Å². The lowest BCUT2D eigenvalue weighted by molar-refractivity contribution is -0.316. The molecule has 0 aliphatic rings. The maximum absolute atomic E-state index is 9.85. The molecule has 0 heterocycles. The Morgan fingerprint density at radius 1 is 1.50 bits per heavy atom. The summed E-state index contributed by atoms with van der Waals surface area (Å²) in [5.41, 5.74) is 6.20. The van der Waals surface area contributed by atoms with Crippen LogP contribution in [0.5, 0.6) is 0 Å². The van der Waals surface area contributed by atoms with Crippen molar-refractivity contribution in [3.8, 4) is 0 Å². The van der Waals surface area contributed by atoms with Crippen LogP contribution in [-0.4, -0.2) is 18.0 Å². The Morgan fingerprint density at radius 3 is 2.10 bits per heavy atom. The molecule has 1 N–H and O–H groups in total. The third-order valence-electron chi connectivity index (χ3n) is 0.788. The molecular formula is C4H4N2O4-2. The quantitative estimate of drug-likeness (QED) is 0.431. The second-order valence-corrected chi connectivity index (χ2v) is 1.54. The molecule has 0 amide bonds. The largest absolute Gasteiger partial charge is 0.550 e. The summed E-state index contributed by atoms with van der Waals surface area (Å²) in [6.07, 6.45) is -0.814. The fourth-order valence-corrected chi connectivity index (χ4v) is 0.340. The summed E-state index contributed by atoms with van der Waals surface area (Å²) in [7, 11) is 0. The van der Waals surface area contributed by atoms with Crippen LogP contribution in [0.2, 0.25) is 0 Å². The Balaban J connectivity index is 3.96. The average molecular weight is 144 g/mol. The van der Waals surface area contributed by atoms with E-state index in [2.05, 4.69) is 5.11 Å². The molecular weight excluding hydrogens is 140 g/mol. The smallest absolute Gasteiger partial charge is 0.115 e. The number of carboxylic acids is 2. The number of carbonyl (C=O) groups excluding carboxylic acids is 2. The molecule has 0 aromatic rings. The first-order valence-electron chi connectivity index (χ1n) is 2.35. The molecule has 0 saturated heterocycles. The third-order valence-corrected chi connectivity index (χ3v) is 0.788.